The van der Waals surface area contributed by atoms with E-state index in [1.807, 2.05) is 7.05 Å². The van der Waals surface area contributed by atoms with Crippen LogP contribution in [-0.4, -0.2) is 32.6 Å². The highest BCUT2D eigenvalue weighted by atomic mass is 15.2. The van der Waals surface area contributed by atoms with Crippen LogP contribution in [0.3, 0.4) is 0 Å². The summed E-state index contributed by atoms with van der Waals surface area (Å²) in [6, 6.07) is 8.93. The van der Waals surface area contributed by atoms with Gasteiger partial charge < -0.3 is 15.5 Å². The number of guanidine groups is 1. The Hall–Kier alpha value is -1.71. The molecule has 1 aromatic carbocycles. The van der Waals surface area contributed by atoms with E-state index in [-0.39, 0.29) is 0 Å². The zero-order valence-corrected chi connectivity index (χ0v) is 15.1. The van der Waals surface area contributed by atoms with Crippen LogP contribution in [0.1, 0.15) is 39.2 Å². The molecule has 2 rings (SSSR count). The maximum absolute atomic E-state index is 4.26. The Morgan fingerprint density at radius 1 is 1.17 bits per heavy atom. The first kappa shape index (κ1) is 17.6. The summed E-state index contributed by atoms with van der Waals surface area (Å²) in [6.45, 7) is 10.9. The van der Waals surface area contributed by atoms with Gasteiger partial charge in [-0.15, -0.1) is 0 Å². The van der Waals surface area contributed by atoms with Crippen molar-refractivity contribution in [1.29, 1.82) is 0 Å². The normalized spacial score (nSPS) is 16.7. The Morgan fingerprint density at radius 2 is 1.83 bits per heavy atom. The van der Waals surface area contributed by atoms with E-state index < -0.39 is 0 Å². The topological polar surface area (TPSA) is 39.7 Å². The molecule has 4 heteroatoms. The molecule has 2 N–H and O–H groups in total. The average molecular weight is 316 g/mol. The van der Waals surface area contributed by atoms with Gasteiger partial charge in [0.1, 0.15) is 0 Å². The second-order valence-corrected chi connectivity index (χ2v) is 7.04. The summed E-state index contributed by atoms with van der Waals surface area (Å²) in [5, 5.41) is 6.71. The minimum absolute atomic E-state index is 0.611. The van der Waals surface area contributed by atoms with Gasteiger partial charge in [0.05, 0.1) is 0 Å². The van der Waals surface area contributed by atoms with Crippen LogP contribution in [0.5, 0.6) is 0 Å². The standard InChI is InChI=1S/C19H32N4/c1-15(2)13-21-19(20-4)22-14-17-5-7-18(8-6-17)23-11-9-16(3)10-12-23/h5-8,15-16H,9-14H2,1-4H3,(H2,20,21,22). The minimum Gasteiger partial charge on any atom is -0.372 e. The van der Waals surface area contributed by atoms with Gasteiger partial charge in [0.15, 0.2) is 5.96 Å². The van der Waals surface area contributed by atoms with E-state index in [2.05, 4.69) is 65.6 Å². The highest BCUT2D eigenvalue weighted by Crippen LogP contribution is 2.23. The van der Waals surface area contributed by atoms with Crippen molar-refractivity contribution in [3.63, 3.8) is 0 Å². The van der Waals surface area contributed by atoms with E-state index in [9.17, 15) is 0 Å². The Morgan fingerprint density at radius 3 is 2.39 bits per heavy atom. The third-order valence-corrected chi connectivity index (χ3v) is 4.45. The lowest BCUT2D eigenvalue weighted by Crippen LogP contribution is -2.38. The predicted octanol–water partition coefficient (Wildman–Crippen LogP) is 3.24. The van der Waals surface area contributed by atoms with Crippen LogP contribution in [0.4, 0.5) is 5.69 Å². The van der Waals surface area contributed by atoms with E-state index in [1.54, 1.807) is 0 Å². The van der Waals surface area contributed by atoms with E-state index in [0.717, 1.165) is 25.0 Å². The first-order valence-electron chi connectivity index (χ1n) is 8.87. The van der Waals surface area contributed by atoms with Crippen molar-refractivity contribution in [3.05, 3.63) is 29.8 Å². The van der Waals surface area contributed by atoms with Crippen LogP contribution >= 0.6 is 0 Å². The van der Waals surface area contributed by atoms with Gasteiger partial charge in [-0.2, -0.15) is 0 Å². The molecule has 0 radical (unpaired) electrons. The second-order valence-electron chi connectivity index (χ2n) is 7.04. The quantitative estimate of drug-likeness (QED) is 0.647. The molecule has 1 fully saturated rings. The number of aliphatic imine (C=N–C) groups is 1. The molecule has 0 spiro atoms. The maximum Gasteiger partial charge on any atom is 0.191 e. The monoisotopic (exact) mass is 316 g/mol. The van der Waals surface area contributed by atoms with Crippen molar-refractivity contribution >= 4 is 11.6 Å². The van der Waals surface area contributed by atoms with E-state index in [4.69, 9.17) is 0 Å². The molecule has 4 nitrogen and oxygen atoms in total. The number of benzene rings is 1. The molecule has 0 amide bonds. The lowest BCUT2D eigenvalue weighted by molar-refractivity contribution is 0.438. The Balaban J connectivity index is 1.82. The molecule has 1 saturated heterocycles. The molecule has 1 aliphatic heterocycles. The summed E-state index contributed by atoms with van der Waals surface area (Å²) in [5.41, 5.74) is 2.63. The lowest BCUT2D eigenvalue weighted by Gasteiger charge is -2.32. The van der Waals surface area contributed by atoms with Crippen molar-refractivity contribution in [3.8, 4) is 0 Å². The first-order chi connectivity index (χ1) is 11.1. The number of nitrogens with zero attached hydrogens (tertiary/aromatic N) is 2. The minimum atomic E-state index is 0.611. The second kappa shape index (κ2) is 8.80. The fourth-order valence-electron chi connectivity index (χ4n) is 2.80. The number of hydrogen-bond donors (Lipinski definition) is 2. The van der Waals surface area contributed by atoms with Gasteiger partial charge in [0, 0.05) is 38.9 Å². The number of anilines is 1. The lowest BCUT2D eigenvalue weighted by atomic mass is 9.99. The van der Waals surface area contributed by atoms with Gasteiger partial charge in [-0.25, -0.2) is 0 Å². The smallest absolute Gasteiger partial charge is 0.191 e. The fourth-order valence-corrected chi connectivity index (χ4v) is 2.80. The van der Waals surface area contributed by atoms with Crippen LogP contribution in [0.15, 0.2) is 29.3 Å². The molecular formula is C19H32N4. The van der Waals surface area contributed by atoms with E-state index in [1.165, 1.54) is 37.2 Å². The van der Waals surface area contributed by atoms with Gasteiger partial charge >= 0.3 is 0 Å². The van der Waals surface area contributed by atoms with Crippen molar-refractivity contribution in [2.75, 3.05) is 31.6 Å². The number of nitrogens with one attached hydrogen (secondary N) is 2. The third kappa shape index (κ3) is 5.77. The molecule has 0 bridgehead atoms. The van der Waals surface area contributed by atoms with Crippen LogP contribution in [0, 0.1) is 11.8 Å². The Labute approximate surface area is 141 Å². The maximum atomic E-state index is 4.26. The summed E-state index contributed by atoms with van der Waals surface area (Å²) < 4.78 is 0. The Kier molecular flexibility index (Phi) is 6.75. The van der Waals surface area contributed by atoms with Crippen LogP contribution in [0.25, 0.3) is 0 Å². The summed E-state index contributed by atoms with van der Waals surface area (Å²) in [6.07, 6.45) is 2.61. The van der Waals surface area contributed by atoms with Crippen molar-refractivity contribution in [1.82, 2.24) is 10.6 Å². The molecule has 0 aromatic heterocycles. The van der Waals surface area contributed by atoms with Gasteiger partial charge in [0.2, 0.25) is 0 Å². The van der Waals surface area contributed by atoms with Gasteiger partial charge in [-0.05, 0) is 42.4 Å². The summed E-state index contributed by atoms with van der Waals surface area (Å²) in [7, 11) is 1.82. The van der Waals surface area contributed by atoms with Crippen molar-refractivity contribution < 1.29 is 0 Å². The summed E-state index contributed by atoms with van der Waals surface area (Å²) in [4.78, 5) is 6.76. The SMILES string of the molecule is CN=C(NCc1ccc(N2CCC(C)CC2)cc1)NCC(C)C. The number of rotatable bonds is 5. The molecule has 1 aromatic rings. The van der Waals surface area contributed by atoms with Crippen LogP contribution in [0.2, 0.25) is 0 Å². The molecule has 0 aliphatic carbocycles. The molecule has 0 unspecified atom stereocenters. The fraction of sp³-hybridized carbons (Fsp3) is 0.632. The molecule has 0 saturated carbocycles. The molecule has 128 valence electrons. The third-order valence-electron chi connectivity index (χ3n) is 4.45. The predicted molar refractivity (Wildman–Crippen MR) is 100 cm³/mol. The molecule has 1 aliphatic rings. The van der Waals surface area contributed by atoms with Crippen molar-refractivity contribution in [2.45, 2.75) is 40.2 Å². The van der Waals surface area contributed by atoms with Gasteiger partial charge in [-0.3, -0.25) is 4.99 Å². The molecule has 23 heavy (non-hydrogen) atoms. The van der Waals surface area contributed by atoms with Gasteiger partial charge in [0.25, 0.3) is 0 Å². The average Bonchev–Trinajstić information content (AvgIpc) is 2.56. The Bertz CT molecular complexity index is 485. The zero-order valence-electron chi connectivity index (χ0n) is 15.1. The molecular weight excluding hydrogens is 284 g/mol. The largest absolute Gasteiger partial charge is 0.372 e. The van der Waals surface area contributed by atoms with E-state index >= 15 is 0 Å². The van der Waals surface area contributed by atoms with Gasteiger partial charge in [-0.1, -0.05) is 32.9 Å². The number of piperidine rings is 1. The molecule has 1 heterocycles. The number of hydrogen-bond acceptors (Lipinski definition) is 2. The van der Waals surface area contributed by atoms with Crippen LogP contribution < -0.4 is 15.5 Å². The molecule has 0 atom stereocenters. The highest BCUT2D eigenvalue weighted by molar-refractivity contribution is 5.79. The zero-order chi connectivity index (χ0) is 16.7. The van der Waals surface area contributed by atoms with Crippen molar-refractivity contribution in [2.24, 2.45) is 16.8 Å². The highest BCUT2D eigenvalue weighted by Gasteiger charge is 2.15. The van der Waals surface area contributed by atoms with Crippen LogP contribution in [-0.2, 0) is 6.54 Å². The summed E-state index contributed by atoms with van der Waals surface area (Å²) in [5.74, 6) is 2.35. The van der Waals surface area contributed by atoms with E-state index in [0.29, 0.717) is 5.92 Å². The first-order valence-corrected chi connectivity index (χ1v) is 8.87. The summed E-state index contributed by atoms with van der Waals surface area (Å²) >= 11 is 0.